The molecule has 0 fully saturated rings. The quantitative estimate of drug-likeness (QED) is 0.896. The summed E-state index contributed by atoms with van der Waals surface area (Å²) in [7, 11) is 1.50. The number of nitrogens with zero attached hydrogens (tertiary/aromatic N) is 1. The summed E-state index contributed by atoms with van der Waals surface area (Å²) < 4.78 is 10.2. The largest absolute Gasteiger partial charge is 0.495 e. The average Bonchev–Trinajstić information content (AvgIpc) is 2.82. The monoisotopic (exact) mass is 282 g/mol. The van der Waals surface area contributed by atoms with Crippen LogP contribution in [0.1, 0.15) is 16.1 Å². The molecule has 1 aromatic carbocycles. The maximum atomic E-state index is 10.7. The Morgan fingerprint density at radius 3 is 2.84 bits per heavy atom. The van der Waals surface area contributed by atoms with Crippen LogP contribution in [-0.4, -0.2) is 23.2 Å². The van der Waals surface area contributed by atoms with Gasteiger partial charge in [0.15, 0.2) is 5.69 Å². The lowest BCUT2D eigenvalue weighted by Gasteiger charge is -2.10. The molecule has 100 valence electrons. The number of hydrogen-bond donors (Lipinski definition) is 2. The molecule has 1 heterocycles. The average molecular weight is 283 g/mol. The number of benzene rings is 1. The highest BCUT2D eigenvalue weighted by molar-refractivity contribution is 6.31. The maximum absolute atomic E-state index is 10.7. The third-order valence-electron chi connectivity index (χ3n) is 2.45. The Morgan fingerprint density at radius 1 is 1.53 bits per heavy atom. The van der Waals surface area contributed by atoms with E-state index in [1.807, 2.05) is 6.92 Å². The van der Waals surface area contributed by atoms with E-state index in [9.17, 15) is 4.79 Å². The van der Waals surface area contributed by atoms with Gasteiger partial charge in [0.05, 0.1) is 12.8 Å². The van der Waals surface area contributed by atoms with E-state index < -0.39 is 5.97 Å². The van der Waals surface area contributed by atoms with Gasteiger partial charge in [-0.2, -0.15) is 4.98 Å². The molecule has 0 aliphatic rings. The first kappa shape index (κ1) is 13.2. The number of carboxylic acids is 1. The number of rotatable bonds is 4. The van der Waals surface area contributed by atoms with Crippen LogP contribution >= 0.6 is 11.6 Å². The van der Waals surface area contributed by atoms with Crippen LogP contribution in [0.15, 0.2) is 22.8 Å². The van der Waals surface area contributed by atoms with Crippen LogP contribution < -0.4 is 10.1 Å². The number of aromatic nitrogens is 1. The van der Waals surface area contributed by atoms with E-state index in [-0.39, 0.29) is 11.7 Å². The molecule has 0 atom stereocenters. The highest BCUT2D eigenvalue weighted by Gasteiger charge is 2.13. The van der Waals surface area contributed by atoms with E-state index in [1.54, 1.807) is 12.1 Å². The van der Waals surface area contributed by atoms with Crippen LogP contribution in [0.4, 0.5) is 11.7 Å². The number of ether oxygens (including phenoxy) is 1. The smallest absolute Gasteiger partial charge is 0.357 e. The second kappa shape index (κ2) is 5.19. The van der Waals surface area contributed by atoms with E-state index in [0.29, 0.717) is 16.5 Å². The molecule has 0 aliphatic heterocycles. The van der Waals surface area contributed by atoms with Gasteiger partial charge in [-0.1, -0.05) is 11.6 Å². The van der Waals surface area contributed by atoms with E-state index in [1.165, 1.54) is 7.11 Å². The van der Waals surface area contributed by atoms with Crippen molar-refractivity contribution in [2.75, 3.05) is 12.4 Å². The molecule has 0 spiro atoms. The van der Waals surface area contributed by atoms with E-state index >= 15 is 0 Å². The third kappa shape index (κ3) is 2.79. The Labute approximate surface area is 114 Å². The molecule has 2 N–H and O–H groups in total. The molecule has 0 radical (unpaired) electrons. The lowest BCUT2D eigenvalue weighted by Crippen LogP contribution is -1.98. The zero-order valence-corrected chi connectivity index (χ0v) is 11.0. The van der Waals surface area contributed by atoms with Gasteiger partial charge in [0, 0.05) is 11.1 Å². The van der Waals surface area contributed by atoms with Crippen molar-refractivity contribution >= 4 is 29.3 Å². The topological polar surface area (TPSA) is 84.6 Å². The summed E-state index contributed by atoms with van der Waals surface area (Å²) >= 11 is 5.99. The fourth-order valence-corrected chi connectivity index (χ4v) is 1.63. The minimum Gasteiger partial charge on any atom is -0.495 e. The summed E-state index contributed by atoms with van der Waals surface area (Å²) in [6.07, 6.45) is 1.06. The second-order valence-corrected chi connectivity index (χ2v) is 4.18. The van der Waals surface area contributed by atoms with Crippen molar-refractivity contribution in [3.63, 3.8) is 0 Å². The van der Waals surface area contributed by atoms with Crippen molar-refractivity contribution in [1.82, 2.24) is 4.98 Å². The Kier molecular flexibility index (Phi) is 3.62. The summed E-state index contributed by atoms with van der Waals surface area (Å²) in [5, 5.41) is 12.2. The van der Waals surface area contributed by atoms with Gasteiger partial charge in [-0.25, -0.2) is 4.79 Å². The lowest BCUT2D eigenvalue weighted by molar-refractivity contribution is 0.0690. The molecule has 1 aromatic heterocycles. The van der Waals surface area contributed by atoms with Gasteiger partial charge in [-0.3, -0.25) is 0 Å². The van der Waals surface area contributed by atoms with Crippen molar-refractivity contribution < 1.29 is 19.1 Å². The summed E-state index contributed by atoms with van der Waals surface area (Å²) in [6, 6.07) is 3.48. The standard InChI is InChI=1S/C12H11ClN2O4/c1-6-3-8(10(18-2)4-7(6)13)14-12-15-9(5-19-12)11(16)17/h3-5H,1-2H3,(H,14,15)(H,16,17). The van der Waals surface area contributed by atoms with Crippen LogP contribution in [-0.2, 0) is 0 Å². The Balaban J connectivity index is 2.31. The van der Waals surface area contributed by atoms with Gasteiger partial charge in [-0.05, 0) is 18.6 Å². The number of halogens is 1. The minimum absolute atomic E-state index is 0.0671. The number of oxazole rings is 1. The SMILES string of the molecule is COc1cc(Cl)c(C)cc1Nc1nc(C(=O)O)co1. The summed E-state index contributed by atoms with van der Waals surface area (Å²) in [6.45, 7) is 1.84. The van der Waals surface area contributed by atoms with Crippen LogP contribution in [0.2, 0.25) is 5.02 Å². The van der Waals surface area contributed by atoms with Gasteiger partial charge in [0.25, 0.3) is 6.01 Å². The fourth-order valence-electron chi connectivity index (χ4n) is 1.47. The van der Waals surface area contributed by atoms with Gasteiger partial charge >= 0.3 is 5.97 Å². The number of aromatic carboxylic acids is 1. The number of methoxy groups -OCH3 is 1. The highest BCUT2D eigenvalue weighted by Crippen LogP contribution is 2.32. The molecule has 2 aromatic rings. The Bertz CT molecular complexity index is 624. The Morgan fingerprint density at radius 2 is 2.26 bits per heavy atom. The Hall–Kier alpha value is -2.21. The summed E-state index contributed by atoms with van der Waals surface area (Å²) in [4.78, 5) is 14.5. The molecular formula is C12H11ClN2O4. The van der Waals surface area contributed by atoms with Crippen molar-refractivity contribution in [3.8, 4) is 5.75 Å². The first-order valence-corrected chi connectivity index (χ1v) is 5.69. The number of carbonyl (C=O) groups is 1. The minimum atomic E-state index is -1.16. The van der Waals surface area contributed by atoms with E-state index in [4.69, 9.17) is 25.9 Å². The van der Waals surface area contributed by atoms with Gasteiger partial charge in [0.1, 0.15) is 12.0 Å². The van der Waals surface area contributed by atoms with Crippen LogP contribution in [0.5, 0.6) is 5.75 Å². The van der Waals surface area contributed by atoms with Gasteiger partial charge < -0.3 is 19.6 Å². The number of carboxylic acid groups (broad SMARTS) is 1. The molecule has 7 heteroatoms. The van der Waals surface area contributed by atoms with Crippen LogP contribution in [0.3, 0.4) is 0 Å². The van der Waals surface area contributed by atoms with Crippen molar-refractivity contribution in [2.24, 2.45) is 0 Å². The number of nitrogens with one attached hydrogen (secondary N) is 1. The molecule has 19 heavy (non-hydrogen) atoms. The van der Waals surface area contributed by atoms with Crippen molar-refractivity contribution in [1.29, 1.82) is 0 Å². The van der Waals surface area contributed by atoms with Crippen LogP contribution in [0, 0.1) is 6.92 Å². The summed E-state index contributed by atoms with van der Waals surface area (Å²) in [5.41, 5.74) is 1.25. The molecule has 6 nitrogen and oxygen atoms in total. The number of aryl methyl sites for hydroxylation is 1. The molecule has 0 aliphatic carbocycles. The highest BCUT2D eigenvalue weighted by atomic mass is 35.5. The van der Waals surface area contributed by atoms with Gasteiger partial charge in [-0.15, -0.1) is 0 Å². The van der Waals surface area contributed by atoms with E-state index in [2.05, 4.69) is 10.3 Å². The second-order valence-electron chi connectivity index (χ2n) is 3.77. The molecule has 0 unspecified atom stereocenters. The first-order valence-electron chi connectivity index (χ1n) is 5.31. The van der Waals surface area contributed by atoms with Crippen molar-refractivity contribution in [3.05, 3.63) is 34.7 Å². The number of anilines is 2. The zero-order chi connectivity index (χ0) is 14.0. The molecule has 0 saturated heterocycles. The molecular weight excluding hydrogens is 272 g/mol. The summed E-state index contributed by atoms with van der Waals surface area (Å²) in [5.74, 6) is -0.651. The molecule has 2 rings (SSSR count). The van der Waals surface area contributed by atoms with Gasteiger partial charge in [0.2, 0.25) is 0 Å². The first-order chi connectivity index (χ1) is 9.01. The maximum Gasteiger partial charge on any atom is 0.357 e. The zero-order valence-electron chi connectivity index (χ0n) is 10.2. The number of hydrogen-bond acceptors (Lipinski definition) is 5. The predicted octanol–water partition coefficient (Wildman–Crippen LogP) is 3.09. The normalized spacial score (nSPS) is 10.3. The molecule has 0 bridgehead atoms. The third-order valence-corrected chi connectivity index (χ3v) is 2.85. The predicted molar refractivity (Wildman–Crippen MR) is 69.5 cm³/mol. The molecule has 0 amide bonds. The van der Waals surface area contributed by atoms with Crippen LogP contribution in [0.25, 0.3) is 0 Å². The molecule has 0 saturated carbocycles. The van der Waals surface area contributed by atoms with E-state index in [0.717, 1.165) is 11.8 Å². The fraction of sp³-hybridized carbons (Fsp3) is 0.167. The lowest BCUT2D eigenvalue weighted by atomic mass is 10.2. The van der Waals surface area contributed by atoms with Crippen molar-refractivity contribution in [2.45, 2.75) is 6.92 Å².